The number of ether oxygens (including phenoxy) is 1. The molecular weight excluding hydrogens is 214 g/mol. The summed E-state index contributed by atoms with van der Waals surface area (Å²) in [5.74, 6) is -0.166. The van der Waals surface area contributed by atoms with Crippen LogP contribution in [0.2, 0.25) is 0 Å². The fraction of sp³-hybridized carbons (Fsp3) is 0.500. The van der Waals surface area contributed by atoms with Crippen molar-refractivity contribution in [3.05, 3.63) is 35.9 Å². The fourth-order valence-electron chi connectivity index (χ4n) is 1.84. The van der Waals surface area contributed by atoms with Gasteiger partial charge in [0.2, 0.25) is 0 Å². The molecule has 1 N–H and O–H groups in total. The van der Waals surface area contributed by atoms with Crippen LogP contribution in [0, 0.1) is 5.41 Å². The van der Waals surface area contributed by atoms with Crippen LogP contribution in [0.15, 0.2) is 30.3 Å². The van der Waals surface area contributed by atoms with Crippen molar-refractivity contribution < 1.29 is 9.53 Å². The molecule has 0 spiro atoms. The third-order valence-corrected chi connectivity index (χ3v) is 3.31. The zero-order valence-electron chi connectivity index (χ0n) is 9.95. The van der Waals surface area contributed by atoms with E-state index in [0.29, 0.717) is 6.61 Å². The second-order valence-corrected chi connectivity index (χ2v) is 4.68. The van der Waals surface area contributed by atoms with Gasteiger partial charge in [-0.1, -0.05) is 30.3 Å². The SMILES string of the molecule is [NH]CC1(C(=O)OCCCc2ccccc2)CC1. The highest BCUT2D eigenvalue weighted by molar-refractivity contribution is 5.80. The number of nitrogens with one attached hydrogen (secondary N) is 1. The van der Waals surface area contributed by atoms with E-state index < -0.39 is 5.41 Å². The molecule has 2 rings (SSSR count). The van der Waals surface area contributed by atoms with Crippen molar-refractivity contribution in [2.24, 2.45) is 5.41 Å². The number of carbonyl (C=O) groups excluding carboxylic acids is 1. The number of benzene rings is 1. The summed E-state index contributed by atoms with van der Waals surface area (Å²) >= 11 is 0. The first-order chi connectivity index (χ1) is 8.27. The molecule has 1 radical (unpaired) electrons. The van der Waals surface area contributed by atoms with E-state index in [9.17, 15) is 4.79 Å². The minimum Gasteiger partial charge on any atom is -0.465 e. The molecule has 0 unspecified atom stereocenters. The molecule has 1 aliphatic rings. The standard InChI is InChI=1S/C14H18NO2/c15-11-14(8-9-14)13(16)17-10-4-7-12-5-2-1-3-6-12/h1-3,5-6,15H,4,7-11H2. The van der Waals surface area contributed by atoms with Gasteiger partial charge in [-0.25, -0.2) is 0 Å². The lowest BCUT2D eigenvalue weighted by Gasteiger charge is -2.11. The van der Waals surface area contributed by atoms with Gasteiger partial charge in [0.1, 0.15) is 0 Å². The monoisotopic (exact) mass is 232 g/mol. The highest BCUT2D eigenvalue weighted by Gasteiger charge is 2.50. The van der Waals surface area contributed by atoms with E-state index in [-0.39, 0.29) is 12.5 Å². The lowest BCUT2D eigenvalue weighted by molar-refractivity contribution is -0.149. The van der Waals surface area contributed by atoms with E-state index in [2.05, 4.69) is 12.1 Å². The van der Waals surface area contributed by atoms with E-state index in [1.54, 1.807) is 0 Å². The van der Waals surface area contributed by atoms with Crippen LogP contribution in [0.5, 0.6) is 0 Å². The summed E-state index contributed by atoms with van der Waals surface area (Å²) in [4.78, 5) is 11.6. The highest BCUT2D eigenvalue weighted by Crippen LogP contribution is 2.45. The predicted octanol–water partition coefficient (Wildman–Crippen LogP) is 2.23. The van der Waals surface area contributed by atoms with E-state index in [1.165, 1.54) is 5.56 Å². The highest BCUT2D eigenvalue weighted by atomic mass is 16.5. The Bertz CT molecular complexity index is 371. The molecule has 1 aliphatic carbocycles. The van der Waals surface area contributed by atoms with Crippen molar-refractivity contribution in [3.63, 3.8) is 0 Å². The van der Waals surface area contributed by atoms with Gasteiger partial charge in [-0.3, -0.25) is 10.5 Å². The molecule has 0 saturated heterocycles. The van der Waals surface area contributed by atoms with Crippen LogP contribution in [-0.4, -0.2) is 19.1 Å². The summed E-state index contributed by atoms with van der Waals surface area (Å²) in [6.07, 6.45) is 3.44. The van der Waals surface area contributed by atoms with Crippen molar-refractivity contribution in [2.45, 2.75) is 25.7 Å². The van der Waals surface area contributed by atoms with Gasteiger partial charge in [0, 0.05) is 6.54 Å². The van der Waals surface area contributed by atoms with E-state index >= 15 is 0 Å². The minimum absolute atomic E-state index is 0.166. The van der Waals surface area contributed by atoms with Gasteiger partial charge in [0.05, 0.1) is 12.0 Å². The zero-order chi connectivity index (χ0) is 12.1. The molecule has 1 fully saturated rings. The van der Waals surface area contributed by atoms with E-state index in [4.69, 9.17) is 10.5 Å². The molecule has 3 heteroatoms. The van der Waals surface area contributed by atoms with Crippen molar-refractivity contribution in [1.29, 1.82) is 0 Å². The maximum Gasteiger partial charge on any atom is 0.313 e. The minimum atomic E-state index is -0.438. The number of hydrogen-bond acceptors (Lipinski definition) is 2. The Hall–Kier alpha value is -1.35. The average Bonchev–Trinajstić information content (AvgIpc) is 3.17. The van der Waals surface area contributed by atoms with Gasteiger partial charge in [-0.05, 0) is 31.2 Å². The van der Waals surface area contributed by atoms with Crippen LogP contribution in [0.25, 0.3) is 0 Å². The fourth-order valence-corrected chi connectivity index (χ4v) is 1.84. The molecule has 3 nitrogen and oxygen atoms in total. The van der Waals surface area contributed by atoms with Crippen LogP contribution < -0.4 is 5.73 Å². The molecule has 0 heterocycles. The maximum atomic E-state index is 11.6. The lowest BCUT2D eigenvalue weighted by Crippen LogP contribution is -2.23. The first kappa shape index (κ1) is 12.1. The smallest absolute Gasteiger partial charge is 0.313 e. The summed E-state index contributed by atoms with van der Waals surface area (Å²) in [5.41, 5.74) is 8.14. The molecule has 0 bridgehead atoms. The van der Waals surface area contributed by atoms with Gasteiger partial charge < -0.3 is 4.74 Å². The number of hydrogen-bond donors (Lipinski definition) is 0. The van der Waals surface area contributed by atoms with Gasteiger partial charge in [0.25, 0.3) is 0 Å². The third-order valence-electron chi connectivity index (χ3n) is 3.31. The zero-order valence-corrected chi connectivity index (χ0v) is 9.95. The molecule has 0 amide bonds. The summed E-state index contributed by atoms with van der Waals surface area (Å²) in [5, 5.41) is 0. The van der Waals surface area contributed by atoms with Crippen LogP contribution in [0.3, 0.4) is 0 Å². The molecule has 0 aromatic heterocycles. The summed E-state index contributed by atoms with van der Waals surface area (Å²) < 4.78 is 5.22. The van der Waals surface area contributed by atoms with Gasteiger partial charge in [0.15, 0.2) is 0 Å². The maximum absolute atomic E-state index is 11.6. The van der Waals surface area contributed by atoms with Crippen molar-refractivity contribution >= 4 is 5.97 Å². The summed E-state index contributed by atoms with van der Waals surface area (Å²) in [6, 6.07) is 10.2. The lowest BCUT2D eigenvalue weighted by atomic mass is 10.1. The Kier molecular flexibility index (Phi) is 3.79. The van der Waals surface area contributed by atoms with Crippen molar-refractivity contribution in [3.8, 4) is 0 Å². The van der Waals surface area contributed by atoms with Crippen LogP contribution in [0.1, 0.15) is 24.8 Å². The molecule has 0 aliphatic heterocycles. The Morgan fingerprint density at radius 2 is 2.00 bits per heavy atom. The molecule has 17 heavy (non-hydrogen) atoms. The summed E-state index contributed by atoms with van der Waals surface area (Å²) in [7, 11) is 0. The molecule has 1 aromatic carbocycles. The Morgan fingerprint density at radius 1 is 1.29 bits per heavy atom. The van der Waals surface area contributed by atoms with Gasteiger partial charge in [-0.15, -0.1) is 0 Å². The van der Waals surface area contributed by atoms with Crippen LogP contribution in [-0.2, 0) is 16.0 Å². The second kappa shape index (κ2) is 5.32. The molecular formula is C14H18NO2. The molecule has 91 valence electrons. The Labute approximate surface area is 102 Å². The van der Waals surface area contributed by atoms with Crippen LogP contribution >= 0.6 is 0 Å². The first-order valence-electron chi connectivity index (χ1n) is 6.13. The Morgan fingerprint density at radius 3 is 2.59 bits per heavy atom. The summed E-state index contributed by atoms with van der Waals surface area (Å²) in [6.45, 7) is 0.639. The topological polar surface area (TPSA) is 50.1 Å². The van der Waals surface area contributed by atoms with Crippen molar-refractivity contribution in [2.75, 3.05) is 13.2 Å². The first-order valence-corrected chi connectivity index (χ1v) is 6.13. The third kappa shape index (κ3) is 3.07. The van der Waals surface area contributed by atoms with Gasteiger partial charge >= 0.3 is 5.97 Å². The molecule has 1 saturated carbocycles. The Balaban J connectivity index is 1.65. The predicted molar refractivity (Wildman–Crippen MR) is 65.4 cm³/mol. The number of carbonyl (C=O) groups is 1. The largest absolute Gasteiger partial charge is 0.465 e. The van der Waals surface area contributed by atoms with Crippen LogP contribution in [0.4, 0.5) is 0 Å². The molecule has 1 aromatic rings. The normalized spacial score (nSPS) is 16.5. The van der Waals surface area contributed by atoms with E-state index in [0.717, 1.165) is 25.7 Å². The second-order valence-electron chi connectivity index (χ2n) is 4.68. The number of esters is 1. The number of rotatable bonds is 6. The van der Waals surface area contributed by atoms with Gasteiger partial charge in [-0.2, -0.15) is 0 Å². The number of aryl methyl sites for hydroxylation is 1. The van der Waals surface area contributed by atoms with Crippen molar-refractivity contribution in [1.82, 2.24) is 5.73 Å². The average molecular weight is 232 g/mol. The molecule has 0 atom stereocenters. The quantitative estimate of drug-likeness (QED) is 0.558. The van der Waals surface area contributed by atoms with E-state index in [1.807, 2.05) is 18.2 Å².